The Balaban J connectivity index is 2.73. The highest BCUT2D eigenvalue weighted by molar-refractivity contribution is 5.84. The summed E-state index contributed by atoms with van der Waals surface area (Å²) in [5.41, 5.74) is 10.5. The first-order chi connectivity index (χ1) is 6.73. The number of hydrogen-bond acceptors (Lipinski definition) is 4. The number of nitrogens with two attached hydrogens (primary N) is 2. The van der Waals surface area contributed by atoms with E-state index in [1.807, 2.05) is 20.8 Å². The molecule has 1 unspecified atom stereocenters. The maximum absolute atomic E-state index is 11.8. The van der Waals surface area contributed by atoms with Gasteiger partial charge in [-0.2, -0.15) is 0 Å². The van der Waals surface area contributed by atoms with E-state index < -0.39 is 17.1 Å². The molecule has 1 atom stereocenters. The van der Waals surface area contributed by atoms with Crippen molar-refractivity contribution in [2.24, 2.45) is 11.5 Å². The molecule has 0 spiro atoms. The van der Waals surface area contributed by atoms with Gasteiger partial charge in [0.15, 0.2) is 0 Å². The summed E-state index contributed by atoms with van der Waals surface area (Å²) >= 11 is 0. The van der Waals surface area contributed by atoms with Gasteiger partial charge in [-0.05, 0) is 26.8 Å². The van der Waals surface area contributed by atoms with E-state index in [-0.39, 0.29) is 0 Å². The van der Waals surface area contributed by atoms with E-state index in [1.54, 1.807) is 18.2 Å². The van der Waals surface area contributed by atoms with E-state index in [2.05, 4.69) is 0 Å². The molecule has 1 aliphatic carbocycles. The van der Waals surface area contributed by atoms with Gasteiger partial charge in [0.25, 0.3) is 0 Å². The van der Waals surface area contributed by atoms with E-state index in [0.717, 1.165) is 0 Å². The molecule has 4 nitrogen and oxygen atoms in total. The van der Waals surface area contributed by atoms with Crippen LogP contribution in [-0.4, -0.2) is 17.1 Å². The molecule has 4 N–H and O–H groups in total. The zero-order valence-electron chi connectivity index (χ0n) is 9.41. The van der Waals surface area contributed by atoms with Crippen molar-refractivity contribution in [1.82, 2.24) is 0 Å². The molecule has 0 bridgehead atoms. The van der Waals surface area contributed by atoms with Crippen LogP contribution in [0.1, 0.15) is 27.2 Å². The quantitative estimate of drug-likeness (QED) is 0.628. The van der Waals surface area contributed by atoms with Crippen molar-refractivity contribution in [2.75, 3.05) is 0 Å². The van der Waals surface area contributed by atoms with E-state index in [0.29, 0.717) is 12.1 Å². The molecule has 0 radical (unpaired) electrons. The third-order valence-electron chi connectivity index (χ3n) is 2.03. The second-order valence-electron chi connectivity index (χ2n) is 4.78. The van der Waals surface area contributed by atoms with Crippen LogP contribution in [0, 0.1) is 0 Å². The number of carbonyl (C=O) groups excluding carboxylic acids is 1. The second kappa shape index (κ2) is 3.70. The Kier molecular flexibility index (Phi) is 2.90. The lowest BCUT2D eigenvalue weighted by atomic mass is 9.91. The van der Waals surface area contributed by atoms with E-state index in [4.69, 9.17) is 16.2 Å². The van der Waals surface area contributed by atoms with Crippen LogP contribution in [0.15, 0.2) is 23.9 Å². The lowest BCUT2D eigenvalue weighted by Crippen LogP contribution is -2.50. The Morgan fingerprint density at radius 3 is 2.53 bits per heavy atom. The average Bonchev–Trinajstić information content (AvgIpc) is 2.07. The molecular formula is C11H18N2O2. The Hall–Kier alpha value is -1.29. The molecule has 0 heterocycles. The highest BCUT2D eigenvalue weighted by Crippen LogP contribution is 2.21. The van der Waals surface area contributed by atoms with E-state index >= 15 is 0 Å². The summed E-state index contributed by atoms with van der Waals surface area (Å²) in [5, 5.41) is 0. The molecule has 0 aromatic rings. The summed E-state index contributed by atoms with van der Waals surface area (Å²) in [5.74, 6) is -0.421. The predicted octanol–water partition coefficient (Wildman–Crippen LogP) is 0.828. The third kappa shape index (κ3) is 3.09. The lowest BCUT2D eigenvalue weighted by molar-refractivity contribution is -0.159. The molecule has 0 saturated heterocycles. The molecular weight excluding hydrogens is 192 g/mol. The first kappa shape index (κ1) is 11.8. The molecule has 0 aromatic carbocycles. The molecule has 0 aromatic heterocycles. The minimum atomic E-state index is -1.07. The number of carbonyl (C=O) groups is 1. The van der Waals surface area contributed by atoms with Crippen LogP contribution in [0.3, 0.4) is 0 Å². The van der Waals surface area contributed by atoms with Crippen LogP contribution in [0.4, 0.5) is 0 Å². The van der Waals surface area contributed by atoms with Gasteiger partial charge in [0.2, 0.25) is 0 Å². The highest BCUT2D eigenvalue weighted by Gasteiger charge is 2.35. The molecule has 0 amide bonds. The normalized spacial score (nSPS) is 26.0. The van der Waals surface area contributed by atoms with Gasteiger partial charge in [0.05, 0.1) is 0 Å². The van der Waals surface area contributed by atoms with Crippen molar-refractivity contribution in [3.63, 3.8) is 0 Å². The summed E-state index contributed by atoms with van der Waals surface area (Å²) in [6.07, 6.45) is 5.33. The van der Waals surface area contributed by atoms with Gasteiger partial charge in [0.1, 0.15) is 11.1 Å². The minimum absolute atomic E-state index is 0.379. The Labute approximate surface area is 90.0 Å². The minimum Gasteiger partial charge on any atom is -0.458 e. The summed E-state index contributed by atoms with van der Waals surface area (Å²) in [6, 6.07) is 0. The fourth-order valence-corrected chi connectivity index (χ4v) is 1.19. The van der Waals surface area contributed by atoms with Crippen LogP contribution in [-0.2, 0) is 9.53 Å². The maximum atomic E-state index is 11.8. The fourth-order valence-electron chi connectivity index (χ4n) is 1.19. The van der Waals surface area contributed by atoms with Gasteiger partial charge in [-0.1, -0.05) is 12.2 Å². The molecule has 4 heteroatoms. The molecule has 84 valence electrons. The molecule has 0 saturated carbocycles. The highest BCUT2D eigenvalue weighted by atomic mass is 16.6. The van der Waals surface area contributed by atoms with Crippen molar-refractivity contribution >= 4 is 5.97 Å². The zero-order chi connectivity index (χ0) is 11.7. The van der Waals surface area contributed by atoms with Gasteiger partial charge < -0.3 is 16.2 Å². The van der Waals surface area contributed by atoms with E-state index in [1.165, 1.54) is 0 Å². The SMILES string of the molecule is CC(C)(C)OC(=O)C1(N)C=CC(N)=CC1. The first-order valence-corrected chi connectivity index (χ1v) is 4.90. The predicted molar refractivity (Wildman–Crippen MR) is 58.8 cm³/mol. The zero-order valence-corrected chi connectivity index (χ0v) is 9.41. The first-order valence-electron chi connectivity index (χ1n) is 4.90. The van der Waals surface area contributed by atoms with Gasteiger partial charge in [-0.15, -0.1) is 0 Å². The number of allylic oxidation sites excluding steroid dienone is 1. The topological polar surface area (TPSA) is 78.3 Å². The van der Waals surface area contributed by atoms with Crippen molar-refractivity contribution in [1.29, 1.82) is 0 Å². The molecule has 15 heavy (non-hydrogen) atoms. The molecule has 1 rings (SSSR count). The van der Waals surface area contributed by atoms with Crippen molar-refractivity contribution < 1.29 is 9.53 Å². The summed E-state index contributed by atoms with van der Waals surface area (Å²) in [7, 11) is 0. The molecule has 0 aliphatic heterocycles. The summed E-state index contributed by atoms with van der Waals surface area (Å²) < 4.78 is 5.23. The number of rotatable bonds is 1. The average molecular weight is 210 g/mol. The van der Waals surface area contributed by atoms with Crippen LogP contribution in [0.5, 0.6) is 0 Å². The van der Waals surface area contributed by atoms with Crippen molar-refractivity contribution in [3.8, 4) is 0 Å². The Morgan fingerprint density at radius 1 is 1.53 bits per heavy atom. The smallest absolute Gasteiger partial charge is 0.331 e. The largest absolute Gasteiger partial charge is 0.458 e. The van der Waals surface area contributed by atoms with Gasteiger partial charge in [-0.25, -0.2) is 4.79 Å². The van der Waals surface area contributed by atoms with Gasteiger partial charge in [0, 0.05) is 12.1 Å². The molecule has 0 fully saturated rings. The van der Waals surface area contributed by atoms with Crippen LogP contribution in [0.25, 0.3) is 0 Å². The molecule has 1 aliphatic rings. The van der Waals surface area contributed by atoms with Crippen LogP contribution in [0.2, 0.25) is 0 Å². The monoisotopic (exact) mass is 210 g/mol. The van der Waals surface area contributed by atoms with Gasteiger partial charge in [-0.3, -0.25) is 0 Å². The fraction of sp³-hybridized carbons (Fsp3) is 0.545. The lowest BCUT2D eigenvalue weighted by Gasteiger charge is -2.29. The van der Waals surface area contributed by atoms with Crippen LogP contribution >= 0.6 is 0 Å². The Morgan fingerprint density at radius 2 is 2.13 bits per heavy atom. The second-order valence-corrected chi connectivity index (χ2v) is 4.78. The van der Waals surface area contributed by atoms with Crippen LogP contribution < -0.4 is 11.5 Å². The maximum Gasteiger partial charge on any atom is 0.331 e. The Bertz CT molecular complexity index is 326. The standard InChI is InChI=1S/C11H18N2O2/c1-10(2,3)15-9(14)11(13)6-4-8(12)5-7-11/h4-6H,7,12-13H2,1-3H3. The van der Waals surface area contributed by atoms with Gasteiger partial charge >= 0.3 is 5.97 Å². The van der Waals surface area contributed by atoms with Crippen molar-refractivity contribution in [2.45, 2.75) is 38.3 Å². The summed E-state index contributed by atoms with van der Waals surface area (Å²) in [4.78, 5) is 11.8. The number of esters is 1. The number of hydrogen-bond donors (Lipinski definition) is 2. The third-order valence-corrected chi connectivity index (χ3v) is 2.03. The van der Waals surface area contributed by atoms with Crippen molar-refractivity contribution in [3.05, 3.63) is 23.9 Å². The van der Waals surface area contributed by atoms with E-state index in [9.17, 15) is 4.79 Å². The summed E-state index contributed by atoms with van der Waals surface area (Å²) in [6.45, 7) is 5.43. The number of ether oxygens (including phenoxy) is 1.